The maximum absolute atomic E-state index is 13.0. The number of benzene rings is 2. The Morgan fingerprint density at radius 1 is 1.07 bits per heavy atom. The van der Waals surface area contributed by atoms with Gasteiger partial charge in [-0.25, -0.2) is 9.59 Å². The van der Waals surface area contributed by atoms with E-state index in [1.165, 1.54) is 6.07 Å². The molecular formula is C24H21NO4. The molecule has 0 aliphatic heterocycles. The molecule has 4 aromatic rings. The highest BCUT2D eigenvalue weighted by atomic mass is 16.5. The minimum atomic E-state index is -0.473. The van der Waals surface area contributed by atoms with Gasteiger partial charge in [0.15, 0.2) is 0 Å². The Hall–Kier alpha value is -3.47. The van der Waals surface area contributed by atoms with E-state index in [0.29, 0.717) is 23.3 Å². The lowest BCUT2D eigenvalue weighted by Gasteiger charge is -2.12. The molecule has 0 unspecified atom stereocenters. The fraction of sp³-hybridized carbons (Fsp3) is 0.208. The number of aromatic nitrogens is 1. The van der Waals surface area contributed by atoms with Crippen LogP contribution in [0.15, 0.2) is 63.8 Å². The normalized spacial score (nSPS) is 11.3. The lowest BCUT2D eigenvalue weighted by molar-refractivity contribution is 0.0737. The number of aryl methyl sites for hydroxylation is 1. The van der Waals surface area contributed by atoms with E-state index in [0.717, 1.165) is 27.5 Å². The third kappa shape index (κ3) is 3.63. The zero-order chi connectivity index (χ0) is 20.5. The number of carbonyl (C=O) groups excluding carboxylic acids is 1. The first-order valence-corrected chi connectivity index (χ1v) is 9.65. The second kappa shape index (κ2) is 7.51. The molecule has 0 amide bonds. The van der Waals surface area contributed by atoms with Crippen LogP contribution in [0.5, 0.6) is 5.75 Å². The number of ether oxygens (including phenoxy) is 1. The number of hydrogen-bond acceptors (Lipinski definition) is 5. The molecule has 2 heterocycles. The first-order valence-electron chi connectivity index (χ1n) is 9.65. The fourth-order valence-electron chi connectivity index (χ4n) is 3.39. The predicted molar refractivity (Wildman–Crippen MR) is 113 cm³/mol. The summed E-state index contributed by atoms with van der Waals surface area (Å²) in [5.41, 5.74) is 2.93. The van der Waals surface area contributed by atoms with Gasteiger partial charge in [0.25, 0.3) is 0 Å². The summed E-state index contributed by atoms with van der Waals surface area (Å²) in [7, 11) is 0. The van der Waals surface area contributed by atoms with E-state index in [-0.39, 0.29) is 5.92 Å². The minimum Gasteiger partial charge on any atom is -0.423 e. The van der Waals surface area contributed by atoms with E-state index in [4.69, 9.17) is 9.15 Å². The van der Waals surface area contributed by atoms with E-state index in [9.17, 15) is 9.59 Å². The van der Waals surface area contributed by atoms with Crippen molar-refractivity contribution in [3.63, 3.8) is 0 Å². The molecule has 2 aromatic heterocycles. The monoisotopic (exact) mass is 387 g/mol. The van der Waals surface area contributed by atoms with Crippen molar-refractivity contribution in [1.82, 2.24) is 4.98 Å². The zero-order valence-electron chi connectivity index (χ0n) is 16.6. The van der Waals surface area contributed by atoms with Gasteiger partial charge in [-0.3, -0.25) is 4.98 Å². The standard InChI is InChI=1S/C24H21NO4/c1-4-15-11-23(26)29-22-12-16(9-10-17(15)22)28-24(27)19-13-21(14(2)3)25-20-8-6-5-7-18(19)20/h5-14H,4H2,1-3H3. The highest BCUT2D eigenvalue weighted by molar-refractivity contribution is 6.04. The Kier molecular flexibility index (Phi) is 4.89. The van der Waals surface area contributed by atoms with Crippen LogP contribution in [-0.2, 0) is 6.42 Å². The van der Waals surface area contributed by atoms with E-state index in [1.807, 2.05) is 51.1 Å². The van der Waals surface area contributed by atoms with Gasteiger partial charge < -0.3 is 9.15 Å². The number of pyridine rings is 1. The summed E-state index contributed by atoms with van der Waals surface area (Å²) >= 11 is 0. The van der Waals surface area contributed by atoms with Crippen LogP contribution in [0.1, 0.15) is 48.3 Å². The first-order chi connectivity index (χ1) is 14.0. The van der Waals surface area contributed by atoms with Crippen LogP contribution in [0.2, 0.25) is 0 Å². The topological polar surface area (TPSA) is 69.4 Å². The molecule has 29 heavy (non-hydrogen) atoms. The van der Waals surface area contributed by atoms with Crippen molar-refractivity contribution in [3.05, 3.63) is 81.8 Å². The van der Waals surface area contributed by atoms with Crippen molar-refractivity contribution in [2.24, 2.45) is 0 Å². The summed E-state index contributed by atoms with van der Waals surface area (Å²) in [5, 5.41) is 1.57. The summed E-state index contributed by atoms with van der Waals surface area (Å²) in [6.07, 6.45) is 0.711. The largest absolute Gasteiger partial charge is 0.423 e. The minimum absolute atomic E-state index is 0.175. The number of para-hydroxylation sites is 1. The molecule has 0 aliphatic rings. The zero-order valence-corrected chi connectivity index (χ0v) is 16.6. The van der Waals surface area contributed by atoms with Gasteiger partial charge in [-0.1, -0.05) is 39.0 Å². The molecule has 0 N–H and O–H groups in total. The summed E-state index contributed by atoms with van der Waals surface area (Å²) < 4.78 is 10.9. The Morgan fingerprint density at radius 2 is 1.86 bits per heavy atom. The Labute approximate surface area is 168 Å². The highest BCUT2D eigenvalue weighted by Gasteiger charge is 2.17. The molecular weight excluding hydrogens is 366 g/mol. The van der Waals surface area contributed by atoms with Crippen LogP contribution in [0.3, 0.4) is 0 Å². The molecule has 0 bridgehead atoms. The molecule has 146 valence electrons. The molecule has 5 nitrogen and oxygen atoms in total. The number of nitrogens with zero attached hydrogens (tertiary/aromatic N) is 1. The third-order valence-electron chi connectivity index (χ3n) is 4.94. The number of esters is 1. The maximum atomic E-state index is 13.0. The summed E-state index contributed by atoms with van der Waals surface area (Å²) in [6.45, 7) is 6.04. The van der Waals surface area contributed by atoms with E-state index < -0.39 is 11.6 Å². The van der Waals surface area contributed by atoms with E-state index in [2.05, 4.69) is 4.98 Å². The van der Waals surface area contributed by atoms with Crippen LogP contribution >= 0.6 is 0 Å². The average molecular weight is 387 g/mol. The van der Waals surface area contributed by atoms with Gasteiger partial charge in [-0.05, 0) is 42.2 Å². The van der Waals surface area contributed by atoms with Gasteiger partial charge in [0.2, 0.25) is 0 Å². The predicted octanol–water partition coefficient (Wildman–Crippen LogP) is 5.25. The highest BCUT2D eigenvalue weighted by Crippen LogP contribution is 2.26. The lowest BCUT2D eigenvalue weighted by Crippen LogP contribution is -2.11. The maximum Gasteiger partial charge on any atom is 0.344 e. The molecule has 0 saturated heterocycles. The second-order valence-electron chi connectivity index (χ2n) is 7.26. The van der Waals surface area contributed by atoms with Crippen LogP contribution in [0, 0.1) is 0 Å². The van der Waals surface area contributed by atoms with Crippen molar-refractivity contribution < 1.29 is 13.9 Å². The van der Waals surface area contributed by atoms with Gasteiger partial charge in [0.1, 0.15) is 11.3 Å². The van der Waals surface area contributed by atoms with Gasteiger partial charge in [0, 0.05) is 28.6 Å². The molecule has 0 saturated carbocycles. The lowest BCUT2D eigenvalue weighted by atomic mass is 10.0. The van der Waals surface area contributed by atoms with Crippen LogP contribution in [0.4, 0.5) is 0 Å². The van der Waals surface area contributed by atoms with Crippen LogP contribution in [-0.4, -0.2) is 11.0 Å². The van der Waals surface area contributed by atoms with E-state index in [1.54, 1.807) is 18.2 Å². The van der Waals surface area contributed by atoms with Crippen molar-refractivity contribution in [2.75, 3.05) is 0 Å². The van der Waals surface area contributed by atoms with Crippen LogP contribution in [0.25, 0.3) is 21.9 Å². The van der Waals surface area contributed by atoms with Gasteiger partial charge in [0.05, 0.1) is 11.1 Å². The van der Waals surface area contributed by atoms with Gasteiger partial charge >= 0.3 is 11.6 Å². The van der Waals surface area contributed by atoms with Gasteiger partial charge in [-0.15, -0.1) is 0 Å². The smallest absolute Gasteiger partial charge is 0.344 e. The SMILES string of the molecule is CCc1cc(=O)oc2cc(OC(=O)c3cc(C(C)C)nc4ccccc34)ccc12. The molecule has 4 rings (SSSR count). The van der Waals surface area contributed by atoms with Crippen molar-refractivity contribution in [2.45, 2.75) is 33.1 Å². The molecule has 0 aliphatic carbocycles. The number of hydrogen-bond donors (Lipinski definition) is 0. The molecule has 0 spiro atoms. The molecule has 5 heteroatoms. The Bertz CT molecular complexity index is 1290. The van der Waals surface area contributed by atoms with Crippen molar-refractivity contribution in [3.8, 4) is 5.75 Å². The fourth-order valence-corrected chi connectivity index (χ4v) is 3.39. The quantitative estimate of drug-likeness (QED) is 0.272. The summed E-state index contributed by atoms with van der Waals surface area (Å²) in [6, 6.07) is 15.9. The number of carbonyl (C=O) groups is 1. The number of rotatable bonds is 4. The number of fused-ring (bicyclic) bond motifs is 2. The van der Waals surface area contributed by atoms with Crippen molar-refractivity contribution >= 4 is 27.8 Å². The molecule has 2 aromatic carbocycles. The first kappa shape index (κ1) is 18.9. The van der Waals surface area contributed by atoms with Crippen LogP contribution < -0.4 is 10.4 Å². The molecule has 0 fully saturated rings. The molecule has 0 atom stereocenters. The summed E-state index contributed by atoms with van der Waals surface area (Å²) in [4.78, 5) is 29.4. The average Bonchev–Trinajstić information content (AvgIpc) is 2.71. The van der Waals surface area contributed by atoms with Crippen molar-refractivity contribution in [1.29, 1.82) is 0 Å². The summed E-state index contributed by atoms with van der Waals surface area (Å²) in [5.74, 6) is 0.0262. The Balaban J connectivity index is 1.76. The van der Waals surface area contributed by atoms with Gasteiger partial charge in [-0.2, -0.15) is 0 Å². The van der Waals surface area contributed by atoms with E-state index >= 15 is 0 Å². The second-order valence-corrected chi connectivity index (χ2v) is 7.26. The third-order valence-corrected chi connectivity index (χ3v) is 4.94. The Morgan fingerprint density at radius 3 is 2.62 bits per heavy atom. The molecule has 0 radical (unpaired) electrons.